The average molecular weight is 585 g/mol. The first-order chi connectivity index (χ1) is 19.3. The smallest absolute Gasteiger partial charge is 0.328 e. The molecule has 4 N–H and O–H groups in total. The highest BCUT2D eigenvalue weighted by molar-refractivity contribution is 5.91. The zero-order valence-corrected chi connectivity index (χ0v) is 24.4. The third kappa shape index (κ3) is 6.53. The van der Waals surface area contributed by atoms with E-state index in [0.29, 0.717) is 12.3 Å². The lowest BCUT2D eigenvalue weighted by Gasteiger charge is -2.59. The Labute approximate surface area is 239 Å². The van der Waals surface area contributed by atoms with E-state index in [-0.39, 0.29) is 42.9 Å². The number of carboxylic acid groups (broad SMARTS) is 1. The van der Waals surface area contributed by atoms with E-state index < -0.39 is 66.4 Å². The topological polar surface area (TPSA) is 179 Å². The second kappa shape index (κ2) is 12.5. The van der Waals surface area contributed by atoms with Crippen molar-refractivity contribution in [3.63, 3.8) is 0 Å². The number of fused-ring (bicyclic) bond motifs is 2. The number of hydrogen-bond donors (Lipinski definition) is 4. The van der Waals surface area contributed by atoms with E-state index in [1.807, 2.05) is 27.7 Å². The van der Waals surface area contributed by atoms with Crippen LogP contribution in [0.2, 0.25) is 0 Å². The van der Waals surface area contributed by atoms with E-state index >= 15 is 0 Å². The normalized spacial score (nSPS) is 37.3. The van der Waals surface area contributed by atoms with Crippen molar-refractivity contribution in [2.24, 2.45) is 29.6 Å². The van der Waals surface area contributed by atoms with Crippen LogP contribution in [-0.4, -0.2) is 76.6 Å². The van der Waals surface area contributed by atoms with Crippen molar-refractivity contribution in [3.05, 3.63) is 0 Å². The lowest BCUT2D eigenvalue weighted by Crippen LogP contribution is -2.70. The average Bonchev–Trinajstić information content (AvgIpc) is 3.13. The predicted molar refractivity (Wildman–Crippen MR) is 140 cm³/mol. The maximum atomic E-state index is 12.8. The van der Waals surface area contributed by atoms with E-state index in [1.54, 1.807) is 0 Å². The molecule has 0 aromatic rings. The van der Waals surface area contributed by atoms with Gasteiger partial charge in [0, 0.05) is 24.7 Å². The number of hydrogen-bond acceptors (Lipinski definition) is 10. The van der Waals surface area contributed by atoms with Crippen LogP contribution >= 0.6 is 0 Å². The molecule has 41 heavy (non-hydrogen) atoms. The molecule has 5 aliphatic rings. The minimum Gasteiger partial charge on any atom is -0.480 e. The Hall–Kier alpha value is -2.32. The molecule has 232 valence electrons. The second-order valence-electron chi connectivity index (χ2n) is 12.6. The quantitative estimate of drug-likeness (QED) is 0.205. The molecule has 1 saturated carbocycles. The fourth-order valence-electron chi connectivity index (χ4n) is 6.84. The summed E-state index contributed by atoms with van der Waals surface area (Å²) in [6.45, 7) is 8.89. The number of carboxylic acids is 1. The number of ether oxygens (including phenoxy) is 3. The van der Waals surface area contributed by atoms with Gasteiger partial charge in [0.15, 0.2) is 11.9 Å². The van der Waals surface area contributed by atoms with Crippen LogP contribution in [0, 0.1) is 29.6 Å². The molecule has 0 radical (unpaired) electrons. The first-order valence-corrected chi connectivity index (χ1v) is 14.6. The lowest BCUT2D eigenvalue weighted by atomic mass is 9.58. The van der Waals surface area contributed by atoms with Crippen LogP contribution in [0.4, 0.5) is 0 Å². The Bertz CT molecular complexity index is 1010. The van der Waals surface area contributed by atoms with Crippen LogP contribution in [0.3, 0.4) is 0 Å². The number of esters is 1. The largest absolute Gasteiger partial charge is 0.480 e. The summed E-state index contributed by atoms with van der Waals surface area (Å²) in [6.07, 6.45) is 1.49. The van der Waals surface area contributed by atoms with Crippen molar-refractivity contribution >= 4 is 23.8 Å². The molecule has 5 rings (SSSR count). The van der Waals surface area contributed by atoms with Gasteiger partial charge >= 0.3 is 11.9 Å². The maximum absolute atomic E-state index is 12.8. The number of nitrogens with one attached hydrogen (secondary N) is 2. The van der Waals surface area contributed by atoms with Crippen molar-refractivity contribution in [2.45, 2.75) is 116 Å². The van der Waals surface area contributed by atoms with Crippen LogP contribution in [0.25, 0.3) is 0 Å². The monoisotopic (exact) mass is 584 g/mol. The number of carbonyl (C=O) groups is 4. The van der Waals surface area contributed by atoms with Gasteiger partial charge in [0.2, 0.25) is 23.9 Å². The molecule has 13 heteroatoms. The van der Waals surface area contributed by atoms with E-state index in [2.05, 4.69) is 17.6 Å². The Morgan fingerprint density at radius 3 is 2.39 bits per heavy atom. The lowest BCUT2D eigenvalue weighted by molar-refractivity contribution is -0.576. The number of carbonyl (C=O) groups excluding carboxylic acids is 3. The molecule has 0 aromatic heterocycles. The highest BCUT2D eigenvalue weighted by Crippen LogP contribution is 2.60. The van der Waals surface area contributed by atoms with Crippen LogP contribution in [0.5, 0.6) is 0 Å². The standard InChI is InChI=1S/C28H44N2O11/c1-14(2)12-19(23(34)30-20(13-31)24(35)36)29-21(32)8-9-22(33)37-25-16(4)18-7-6-15(3)17-10-11-27(5)39-26(38-25)28(17,18)41-40-27/h14-20,25-26,31H,6-13H2,1-5H3,(H,29,32)(H,30,34)(H,35,36)/t15-,16-,17+,18-,19+,20+,25-,26+,27+,28-/m1/s1. The molecule has 2 amide bonds. The molecule has 1 spiro atoms. The first-order valence-electron chi connectivity index (χ1n) is 14.6. The van der Waals surface area contributed by atoms with Crippen molar-refractivity contribution in [1.82, 2.24) is 10.6 Å². The summed E-state index contributed by atoms with van der Waals surface area (Å²) in [4.78, 5) is 61.2. The minimum absolute atomic E-state index is 0.00198. The van der Waals surface area contributed by atoms with Gasteiger partial charge in [0.25, 0.3) is 0 Å². The molecule has 0 unspecified atom stereocenters. The maximum Gasteiger partial charge on any atom is 0.328 e. The summed E-state index contributed by atoms with van der Waals surface area (Å²) < 4.78 is 18.2. The Balaban J connectivity index is 1.35. The van der Waals surface area contributed by atoms with Gasteiger partial charge in [-0.1, -0.05) is 27.7 Å². The summed E-state index contributed by atoms with van der Waals surface area (Å²) in [5.41, 5.74) is -0.780. The SMILES string of the molecule is CC(C)C[C@H](NC(=O)CCC(=O)O[C@@H]1O[C@H]2O[C@]3(C)CC[C@H]4[C@H](C)CC[C@H]([C@H]1C)[C@@]24OO3)C(=O)N[C@@H](CO)C(=O)O. The van der Waals surface area contributed by atoms with Crippen LogP contribution in [0.15, 0.2) is 0 Å². The van der Waals surface area contributed by atoms with Crippen molar-refractivity contribution in [3.8, 4) is 0 Å². The molecular formula is C28H44N2O11. The van der Waals surface area contributed by atoms with Crippen molar-refractivity contribution in [1.29, 1.82) is 0 Å². The highest BCUT2D eigenvalue weighted by Gasteiger charge is 2.69. The molecule has 0 aromatic carbocycles. The van der Waals surface area contributed by atoms with Gasteiger partial charge in [-0.05, 0) is 50.4 Å². The van der Waals surface area contributed by atoms with E-state index in [4.69, 9.17) is 29.1 Å². The summed E-state index contributed by atoms with van der Waals surface area (Å²) in [5, 5.41) is 23.1. The molecule has 4 heterocycles. The molecule has 10 atom stereocenters. The third-order valence-electron chi connectivity index (χ3n) is 9.06. The van der Waals surface area contributed by atoms with Gasteiger partial charge in [0.05, 0.1) is 13.0 Å². The summed E-state index contributed by atoms with van der Waals surface area (Å²) in [5.74, 6) is -3.92. The molecule has 4 saturated heterocycles. The molecule has 5 fully saturated rings. The molecular weight excluding hydrogens is 540 g/mol. The highest BCUT2D eigenvalue weighted by atomic mass is 17.3. The number of amides is 2. The molecule has 13 nitrogen and oxygen atoms in total. The predicted octanol–water partition coefficient (Wildman–Crippen LogP) is 1.61. The van der Waals surface area contributed by atoms with Crippen LogP contribution < -0.4 is 10.6 Å². The van der Waals surface area contributed by atoms with Gasteiger partial charge in [-0.15, -0.1) is 0 Å². The fourth-order valence-corrected chi connectivity index (χ4v) is 6.84. The van der Waals surface area contributed by atoms with Gasteiger partial charge in [0.1, 0.15) is 12.1 Å². The summed E-state index contributed by atoms with van der Waals surface area (Å²) >= 11 is 0. The molecule has 4 aliphatic heterocycles. The van der Waals surface area contributed by atoms with E-state index in [0.717, 1.165) is 19.3 Å². The number of aliphatic hydroxyl groups is 1. The van der Waals surface area contributed by atoms with Crippen LogP contribution in [-0.2, 0) is 43.2 Å². The minimum atomic E-state index is -1.49. The zero-order chi connectivity index (χ0) is 30.1. The van der Waals surface area contributed by atoms with E-state index in [1.165, 1.54) is 0 Å². The Morgan fingerprint density at radius 1 is 1.00 bits per heavy atom. The number of rotatable bonds is 11. The van der Waals surface area contributed by atoms with Gasteiger partial charge < -0.3 is 35.1 Å². The summed E-state index contributed by atoms with van der Waals surface area (Å²) in [6, 6.07) is -2.52. The van der Waals surface area contributed by atoms with E-state index in [9.17, 15) is 24.3 Å². The zero-order valence-electron chi connectivity index (χ0n) is 24.4. The Kier molecular flexibility index (Phi) is 9.64. The molecule has 1 aliphatic carbocycles. The van der Waals surface area contributed by atoms with Gasteiger partial charge in [-0.3, -0.25) is 14.4 Å². The summed E-state index contributed by atoms with van der Waals surface area (Å²) in [7, 11) is 0. The van der Waals surface area contributed by atoms with Gasteiger partial charge in [-0.2, -0.15) is 0 Å². The number of aliphatic hydroxyl groups excluding tert-OH is 1. The second-order valence-corrected chi connectivity index (χ2v) is 12.6. The Morgan fingerprint density at radius 2 is 1.73 bits per heavy atom. The number of aliphatic carboxylic acids is 1. The fraction of sp³-hybridized carbons (Fsp3) is 0.857. The first kappa shape index (κ1) is 31.6. The molecule has 2 bridgehead atoms. The van der Waals surface area contributed by atoms with Crippen LogP contribution in [0.1, 0.15) is 79.6 Å². The van der Waals surface area contributed by atoms with Crippen molar-refractivity contribution in [2.75, 3.05) is 6.61 Å². The van der Waals surface area contributed by atoms with Gasteiger partial charge in [-0.25, -0.2) is 14.6 Å². The van der Waals surface area contributed by atoms with Crippen molar-refractivity contribution < 1.29 is 53.4 Å². The third-order valence-corrected chi connectivity index (χ3v) is 9.06.